The van der Waals surface area contributed by atoms with Crippen LogP contribution in [-0.4, -0.2) is 0 Å². The average molecular weight is 111 g/mol. The van der Waals surface area contributed by atoms with Crippen molar-refractivity contribution in [1.29, 1.82) is 0 Å². The van der Waals surface area contributed by atoms with Gasteiger partial charge in [-0.05, 0) is 23.4 Å². The molecule has 1 aromatic heterocycles. The van der Waals surface area contributed by atoms with E-state index < -0.39 is 0 Å². The minimum Gasteiger partial charge on any atom is -0.143 e. The van der Waals surface area contributed by atoms with Gasteiger partial charge in [0.15, 0.2) is 0 Å². The van der Waals surface area contributed by atoms with Crippen LogP contribution in [0.15, 0.2) is 11.4 Å². The van der Waals surface area contributed by atoms with E-state index >= 15 is 0 Å². The lowest BCUT2D eigenvalue weighted by Gasteiger charge is -1.77. The summed E-state index contributed by atoms with van der Waals surface area (Å²) in [5, 5.41) is 5.18. The van der Waals surface area contributed by atoms with Gasteiger partial charge in [-0.25, -0.2) is 0 Å². The van der Waals surface area contributed by atoms with Gasteiger partial charge >= 0.3 is 0 Å². The van der Waals surface area contributed by atoms with E-state index in [9.17, 15) is 0 Å². The van der Waals surface area contributed by atoms with Gasteiger partial charge < -0.3 is 0 Å². The molecular formula is C6H7S. The van der Waals surface area contributed by atoms with Crippen molar-refractivity contribution in [2.45, 2.75) is 13.3 Å². The van der Waals surface area contributed by atoms with E-state index in [1.165, 1.54) is 5.56 Å². The zero-order chi connectivity index (χ0) is 5.11. The number of rotatable bonds is 1. The lowest BCUT2D eigenvalue weighted by Crippen LogP contribution is -1.67. The predicted molar refractivity (Wildman–Crippen MR) is 32.5 cm³/mol. The fourth-order valence-corrected chi connectivity index (χ4v) is 1.11. The summed E-state index contributed by atoms with van der Waals surface area (Å²) >= 11 is 1.64. The highest BCUT2D eigenvalue weighted by molar-refractivity contribution is 7.07. The molecule has 0 aliphatic rings. The first-order valence-corrected chi connectivity index (χ1v) is 3.25. The van der Waals surface area contributed by atoms with Crippen molar-refractivity contribution in [1.82, 2.24) is 0 Å². The Morgan fingerprint density at radius 1 is 1.86 bits per heavy atom. The molecule has 0 saturated heterocycles. The summed E-state index contributed by atoms with van der Waals surface area (Å²) in [6.07, 6.45) is 1.11. The van der Waals surface area contributed by atoms with Gasteiger partial charge in [-0.3, -0.25) is 0 Å². The van der Waals surface area contributed by atoms with Gasteiger partial charge in [0.05, 0.1) is 0 Å². The Morgan fingerprint density at radius 3 is 3.00 bits per heavy atom. The first-order chi connectivity index (χ1) is 3.43. The summed E-state index contributed by atoms with van der Waals surface area (Å²) in [5.74, 6) is 0. The first kappa shape index (κ1) is 4.85. The van der Waals surface area contributed by atoms with Crippen LogP contribution in [0, 0.1) is 5.38 Å². The maximum atomic E-state index is 3.13. The van der Waals surface area contributed by atoms with Gasteiger partial charge in [0.25, 0.3) is 0 Å². The molecule has 1 radical (unpaired) electrons. The second-order valence-corrected chi connectivity index (χ2v) is 2.11. The highest BCUT2D eigenvalue weighted by atomic mass is 32.1. The molecule has 0 aromatic carbocycles. The maximum Gasteiger partial charge on any atom is 0.0477 e. The summed E-state index contributed by atoms with van der Waals surface area (Å²) < 4.78 is 0. The molecule has 0 saturated carbocycles. The highest BCUT2D eigenvalue weighted by Gasteiger charge is 1.83. The van der Waals surface area contributed by atoms with Gasteiger partial charge in [-0.2, -0.15) is 0 Å². The molecule has 0 aliphatic carbocycles. The molecule has 0 bridgehead atoms. The van der Waals surface area contributed by atoms with E-state index in [-0.39, 0.29) is 0 Å². The van der Waals surface area contributed by atoms with Crippen LogP contribution in [0.4, 0.5) is 0 Å². The third kappa shape index (κ3) is 1.03. The van der Waals surface area contributed by atoms with E-state index in [0.717, 1.165) is 6.42 Å². The van der Waals surface area contributed by atoms with Gasteiger partial charge in [0.1, 0.15) is 0 Å². The fourth-order valence-electron chi connectivity index (χ4n) is 0.450. The third-order valence-corrected chi connectivity index (χ3v) is 1.56. The topological polar surface area (TPSA) is 0 Å². The van der Waals surface area contributed by atoms with Gasteiger partial charge in [-0.15, -0.1) is 11.3 Å². The molecule has 0 unspecified atom stereocenters. The Labute approximate surface area is 47.8 Å². The molecular weight excluding hydrogens is 104 g/mol. The SMILES string of the molecule is CCc1[c]scc1. The van der Waals surface area contributed by atoms with Crippen molar-refractivity contribution < 1.29 is 0 Å². The fraction of sp³-hybridized carbons (Fsp3) is 0.333. The molecule has 37 valence electrons. The predicted octanol–water partition coefficient (Wildman–Crippen LogP) is 2.11. The lowest BCUT2D eigenvalue weighted by atomic mass is 10.3. The van der Waals surface area contributed by atoms with Gasteiger partial charge in [0, 0.05) is 5.38 Å². The summed E-state index contributed by atoms with van der Waals surface area (Å²) in [7, 11) is 0. The Kier molecular flexibility index (Phi) is 1.47. The van der Waals surface area contributed by atoms with Crippen LogP contribution in [0.1, 0.15) is 12.5 Å². The molecule has 1 heteroatoms. The van der Waals surface area contributed by atoms with E-state index in [1.54, 1.807) is 11.3 Å². The van der Waals surface area contributed by atoms with E-state index in [4.69, 9.17) is 0 Å². The third-order valence-electron chi connectivity index (χ3n) is 0.908. The van der Waals surface area contributed by atoms with Crippen molar-refractivity contribution in [3.05, 3.63) is 22.4 Å². The van der Waals surface area contributed by atoms with Crippen molar-refractivity contribution >= 4 is 11.3 Å². The summed E-state index contributed by atoms with van der Waals surface area (Å²) in [6.45, 7) is 2.14. The minimum absolute atomic E-state index is 1.11. The van der Waals surface area contributed by atoms with Crippen molar-refractivity contribution in [2.24, 2.45) is 0 Å². The summed E-state index contributed by atoms with van der Waals surface area (Å²) in [5.41, 5.74) is 1.32. The van der Waals surface area contributed by atoms with Gasteiger partial charge in [0.2, 0.25) is 0 Å². The second-order valence-electron chi connectivity index (χ2n) is 1.40. The van der Waals surface area contributed by atoms with Gasteiger partial charge in [-0.1, -0.05) is 6.92 Å². The van der Waals surface area contributed by atoms with Crippen molar-refractivity contribution in [3.63, 3.8) is 0 Å². The zero-order valence-electron chi connectivity index (χ0n) is 4.27. The Balaban J connectivity index is 2.76. The Morgan fingerprint density at radius 2 is 2.71 bits per heavy atom. The van der Waals surface area contributed by atoms with Crippen LogP contribution in [-0.2, 0) is 6.42 Å². The number of thiophene rings is 1. The quantitative estimate of drug-likeness (QED) is 0.520. The van der Waals surface area contributed by atoms with Crippen LogP contribution in [0.3, 0.4) is 0 Å². The van der Waals surface area contributed by atoms with Crippen LogP contribution in [0.2, 0.25) is 0 Å². The molecule has 7 heavy (non-hydrogen) atoms. The first-order valence-electron chi connectivity index (χ1n) is 2.37. The Bertz CT molecular complexity index is 119. The van der Waals surface area contributed by atoms with E-state index in [0.29, 0.717) is 0 Å². The van der Waals surface area contributed by atoms with E-state index in [1.807, 2.05) is 0 Å². The van der Waals surface area contributed by atoms with E-state index in [2.05, 4.69) is 23.8 Å². The molecule has 1 rings (SSSR count). The van der Waals surface area contributed by atoms with Crippen LogP contribution < -0.4 is 0 Å². The van der Waals surface area contributed by atoms with Crippen molar-refractivity contribution in [2.75, 3.05) is 0 Å². The maximum absolute atomic E-state index is 3.13. The monoisotopic (exact) mass is 111 g/mol. The number of hydrogen-bond acceptors (Lipinski definition) is 1. The minimum atomic E-state index is 1.11. The number of hydrogen-bond donors (Lipinski definition) is 0. The number of aryl methyl sites for hydroxylation is 1. The zero-order valence-corrected chi connectivity index (χ0v) is 5.09. The molecule has 1 heterocycles. The molecule has 0 spiro atoms. The summed E-state index contributed by atoms with van der Waals surface area (Å²) in [4.78, 5) is 0. The van der Waals surface area contributed by atoms with Crippen LogP contribution in [0.5, 0.6) is 0 Å². The second kappa shape index (κ2) is 2.12. The molecule has 0 N–H and O–H groups in total. The highest BCUT2D eigenvalue weighted by Crippen LogP contribution is 2.03. The smallest absolute Gasteiger partial charge is 0.0477 e. The van der Waals surface area contributed by atoms with Crippen LogP contribution >= 0.6 is 11.3 Å². The van der Waals surface area contributed by atoms with Crippen molar-refractivity contribution in [3.8, 4) is 0 Å². The molecule has 0 amide bonds. The average Bonchev–Trinajstić information content (AvgIpc) is 2.14. The lowest BCUT2D eigenvalue weighted by molar-refractivity contribution is 1.15. The molecule has 0 atom stereocenters. The normalized spacial score (nSPS) is 9.29. The molecule has 0 aliphatic heterocycles. The summed E-state index contributed by atoms with van der Waals surface area (Å²) in [6, 6.07) is 2.10. The molecule has 0 fully saturated rings. The largest absolute Gasteiger partial charge is 0.143 e. The van der Waals surface area contributed by atoms with Crippen LogP contribution in [0.25, 0.3) is 0 Å². The standard InChI is InChI=1S/C6H7S/c1-2-6-3-4-7-5-6/h3-4H,2H2,1H3. The Hall–Kier alpha value is -0.300. The molecule has 0 nitrogen and oxygen atoms in total. The molecule has 1 aromatic rings.